The summed E-state index contributed by atoms with van der Waals surface area (Å²) in [4.78, 5) is 0. The molecule has 0 aliphatic heterocycles. The maximum atomic E-state index is 13.3. The molecule has 1 fully saturated rings. The molecule has 1 aromatic rings. The van der Waals surface area contributed by atoms with Crippen LogP contribution in [-0.4, -0.2) is 5.11 Å². The molecule has 1 atom stereocenters. The summed E-state index contributed by atoms with van der Waals surface area (Å²) in [5.41, 5.74) is -1.13. The molecule has 0 aromatic heterocycles. The van der Waals surface area contributed by atoms with Crippen molar-refractivity contribution in [2.24, 2.45) is 5.41 Å². The fourth-order valence-corrected chi connectivity index (χ4v) is 2.86. The van der Waals surface area contributed by atoms with Gasteiger partial charge in [-0.05, 0) is 30.5 Å². The molecule has 1 aliphatic rings. The quantitative estimate of drug-likeness (QED) is 0.658. The van der Waals surface area contributed by atoms with E-state index in [1.807, 2.05) is 0 Å². The summed E-state index contributed by atoms with van der Waals surface area (Å²) in [5, 5.41) is 19.8. The van der Waals surface area contributed by atoms with E-state index in [4.69, 9.17) is 0 Å². The number of aliphatic hydroxyl groups is 1. The highest BCUT2D eigenvalue weighted by Gasteiger charge is 2.39. The number of aliphatic hydroxyl groups excluding tert-OH is 1. The molecule has 2 rings (SSSR count). The molecule has 1 saturated carbocycles. The predicted octanol–water partition coefficient (Wildman–Crippen LogP) is 4.00. The minimum atomic E-state index is -1.56. The lowest BCUT2D eigenvalue weighted by Gasteiger charge is -2.30. The van der Waals surface area contributed by atoms with Crippen LogP contribution in [0.1, 0.15) is 50.2 Å². The van der Waals surface area contributed by atoms with Gasteiger partial charge in [0.2, 0.25) is 0 Å². The largest absolute Gasteiger partial charge is 0.387 e. The van der Waals surface area contributed by atoms with Crippen molar-refractivity contribution >= 4 is 0 Å². The molecule has 0 saturated heterocycles. The topological polar surface area (TPSA) is 44.0 Å². The Labute approximate surface area is 115 Å². The predicted molar refractivity (Wildman–Crippen MR) is 67.0 cm³/mol. The van der Waals surface area contributed by atoms with Crippen LogP contribution in [0.2, 0.25) is 0 Å². The Morgan fingerprint density at radius 1 is 1.05 bits per heavy atom. The normalized spacial score (nSPS) is 19.9. The lowest BCUT2D eigenvalue weighted by molar-refractivity contribution is 0.0510. The number of halogens is 3. The van der Waals surface area contributed by atoms with E-state index in [1.165, 1.54) is 0 Å². The molecule has 1 aromatic carbocycles. The number of nitriles is 1. The van der Waals surface area contributed by atoms with E-state index in [0.29, 0.717) is 12.8 Å². The molecule has 1 N–H and O–H groups in total. The second kappa shape index (κ2) is 5.84. The zero-order valence-electron chi connectivity index (χ0n) is 11.0. The first kappa shape index (κ1) is 14.9. The highest BCUT2D eigenvalue weighted by atomic mass is 19.2. The van der Waals surface area contributed by atoms with Crippen molar-refractivity contribution in [3.8, 4) is 6.07 Å². The molecule has 2 nitrogen and oxygen atoms in total. The molecule has 0 spiro atoms. The molecular formula is C15H16F3NO. The second-order valence-corrected chi connectivity index (χ2v) is 5.38. The van der Waals surface area contributed by atoms with Crippen molar-refractivity contribution < 1.29 is 18.3 Å². The summed E-state index contributed by atoms with van der Waals surface area (Å²) in [6, 6.07) is 3.66. The Morgan fingerprint density at radius 3 is 2.00 bits per heavy atom. The van der Waals surface area contributed by atoms with Gasteiger partial charge in [0.05, 0.1) is 17.6 Å². The van der Waals surface area contributed by atoms with E-state index in [9.17, 15) is 23.5 Å². The van der Waals surface area contributed by atoms with Crippen LogP contribution < -0.4 is 0 Å². The Balaban J connectivity index is 2.38. The minimum Gasteiger partial charge on any atom is -0.387 e. The number of benzene rings is 1. The molecule has 0 bridgehead atoms. The molecule has 0 amide bonds. The molecule has 1 unspecified atom stereocenters. The number of hydrogen-bond donors (Lipinski definition) is 1. The maximum absolute atomic E-state index is 13.3. The Bertz CT molecular complexity index is 507. The van der Waals surface area contributed by atoms with E-state index < -0.39 is 29.0 Å². The Morgan fingerprint density at radius 2 is 1.55 bits per heavy atom. The fraction of sp³-hybridized carbons (Fsp3) is 0.533. The number of nitrogens with zero attached hydrogens (tertiary/aromatic N) is 1. The first-order chi connectivity index (χ1) is 9.50. The van der Waals surface area contributed by atoms with E-state index in [-0.39, 0.29) is 5.56 Å². The van der Waals surface area contributed by atoms with Crippen LogP contribution >= 0.6 is 0 Å². The van der Waals surface area contributed by atoms with Gasteiger partial charge in [0, 0.05) is 0 Å². The molecular weight excluding hydrogens is 267 g/mol. The second-order valence-electron chi connectivity index (χ2n) is 5.38. The molecule has 20 heavy (non-hydrogen) atoms. The molecule has 108 valence electrons. The van der Waals surface area contributed by atoms with Gasteiger partial charge in [-0.25, -0.2) is 13.2 Å². The van der Waals surface area contributed by atoms with Crippen molar-refractivity contribution in [3.05, 3.63) is 35.1 Å². The number of hydrogen-bond acceptors (Lipinski definition) is 2. The van der Waals surface area contributed by atoms with Crippen molar-refractivity contribution in [1.82, 2.24) is 0 Å². The monoisotopic (exact) mass is 283 g/mol. The van der Waals surface area contributed by atoms with Gasteiger partial charge < -0.3 is 5.11 Å². The SMILES string of the molecule is N#CC1(C(O)c2cc(F)c(F)c(F)c2)CCCCCC1. The van der Waals surface area contributed by atoms with E-state index in [2.05, 4.69) is 6.07 Å². The van der Waals surface area contributed by atoms with Crippen LogP contribution in [-0.2, 0) is 0 Å². The zero-order valence-corrected chi connectivity index (χ0v) is 11.0. The summed E-state index contributed by atoms with van der Waals surface area (Å²) in [7, 11) is 0. The van der Waals surface area contributed by atoms with Gasteiger partial charge in [-0.15, -0.1) is 0 Å². The lowest BCUT2D eigenvalue weighted by Crippen LogP contribution is -2.27. The van der Waals surface area contributed by atoms with Crippen LogP contribution in [0.4, 0.5) is 13.2 Å². The third kappa shape index (κ3) is 2.66. The van der Waals surface area contributed by atoms with Gasteiger partial charge in [-0.1, -0.05) is 25.7 Å². The van der Waals surface area contributed by atoms with Crippen LogP contribution in [0.25, 0.3) is 0 Å². The van der Waals surface area contributed by atoms with Crippen molar-refractivity contribution in [2.75, 3.05) is 0 Å². The average molecular weight is 283 g/mol. The third-order valence-corrected chi connectivity index (χ3v) is 4.06. The highest BCUT2D eigenvalue weighted by molar-refractivity contribution is 5.25. The van der Waals surface area contributed by atoms with Crippen molar-refractivity contribution in [2.45, 2.75) is 44.6 Å². The van der Waals surface area contributed by atoms with Crippen LogP contribution in [0.5, 0.6) is 0 Å². The Kier molecular flexibility index (Phi) is 4.34. The van der Waals surface area contributed by atoms with Crippen LogP contribution in [0.3, 0.4) is 0 Å². The van der Waals surface area contributed by atoms with E-state index in [0.717, 1.165) is 37.8 Å². The van der Waals surface area contributed by atoms with Gasteiger partial charge in [0.25, 0.3) is 0 Å². The minimum absolute atomic E-state index is 0.0788. The van der Waals surface area contributed by atoms with Gasteiger partial charge in [0.1, 0.15) is 0 Å². The first-order valence-electron chi connectivity index (χ1n) is 6.74. The summed E-state index contributed by atoms with van der Waals surface area (Å²) in [5.74, 6) is -4.26. The molecule has 1 aliphatic carbocycles. The maximum Gasteiger partial charge on any atom is 0.194 e. The molecule has 0 radical (unpaired) electrons. The van der Waals surface area contributed by atoms with Crippen molar-refractivity contribution in [1.29, 1.82) is 5.26 Å². The van der Waals surface area contributed by atoms with Crippen LogP contribution in [0, 0.1) is 34.2 Å². The zero-order chi connectivity index (χ0) is 14.8. The van der Waals surface area contributed by atoms with Gasteiger partial charge >= 0.3 is 0 Å². The van der Waals surface area contributed by atoms with E-state index >= 15 is 0 Å². The molecule has 5 heteroatoms. The summed E-state index contributed by atoms with van der Waals surface area (Å²) in [6.07, 6.45) is 3.17. The highest BCUT2D eigenvalue weighted by Crippen LogP contribution is 2.44. The summed E-state index contributed by atoms with van der Waals surface area (Å²) in [6.45, 7) is 0. The Hall–Kier alpha value is -1.54. The molecule has 0 heterocycles. The summed E-state index contributed by atoms with van der Waals surface area (Å²) < 4.78 is 39.5. The number of rotatable bonds is 2. The van der Waals surface area contributed by atoms with Gasteiger partial charge in [-0.3, -0.25) is 0 Å². The average Bonchev–Trinajstić information content (AvgIpc) is 2.69. The lowest BCUT2D eigenvalue weighted by atomic mass is 9.74. The fourth-order valence-electron chi connectivity index (χ4n) is 2.86. The first-order valence-corrected chi connectivity index (χ1v) is 6.74. The smallest absolute Gasteiger partial charge is 0.194 e. The van der Waals surface area contributed by atoms with Gasteiger partial charge in [0.15, 0.2) is 17.5 Å². The third-order valence-electron chi connectivity index (χ3n) is 4.06. The van der Waals surface area contributed by atoms with Gasteiger partial charge in [-0.2, -0.15) is 5.26 Å². The summed E-state index contributed by atoms with van der Waals surface area (Å²) >= 11 is 0. The van der Waals surface area contributed by atoms with E-state index in [1.54, 1.807) is 0 Å². The van der Waals surface area contributed by atoms with Crippen molar-refractivity contribution in [3.63, 3.8) is 0 Å². The standard InChI is InChI=1S/C15H16F3NO/c16-11-7-10(8-12(17)13(11)18)14(20)15(9-19)5-3-1-2-4-6-15/h7-8,14,20H,1-6H2. The van der Waals surface area contributed by atoms with Crippen LogP contribution in [0.15, 0.2) is 12.1 Å².